The van der Waals surface area contributed by atoms with Gasteiger partial charge in [0.25, 0.3) is 0 Å². The number of rotatable bonds is 7. The van der Waals surface area contributed by atoms with Gasteiger partial charge in [-0.15, -0.1) is 13.2 Å². The molecule has 0 saturated heterocycles. The van der Waals surface area contributed by atoms with Crippen LogP contribution in [0.3, 0.4) is 0 Å². The van der Waals surface area contributed by atoms with E-state index in [9.17, 15) is 0 Å². The highest BCUT2D eigenvalue weighted by atomic mass is 15.2. The molecule has 0 fully saturated rings. The van der Waals surface area contributed by atoms with Crippen molar-refractivity contribution < 1.29 is 0 Å². The van der Waals surface area contributed by atoms with Gasteiger partial charge in [-0.1, -0.05) is 12.2 Å². The van der Waals surface area contributed by atoms with E-state index >= 15 is 0 Å². The van der Waals surface area contributed by atoms with Crippen molar-refractivity contribution in [2.24, 2.45) is 5.84 Å². The molecule has 64 valence electrons. The zero-order valence-electron chi connectivity index (χ0n) is 7.05. The van der Waals surface area contributed by atoms with Crippen LogP contribution >= 0.6 is 0 Å². The van der Waals surface area contributed by atoms with Crippen LogP contribution in [0, 0.1) is 0 Å². The molecule has 0 amide bonds. The summed E-state index contributed by atoms with van der Waals surface area (Å²) in [4.78, 5) is 0. The third kappa shape index (κ3) is 5.83. The van der Waals surface area contributed by atoms with Crippen LogP contribution in [0.15, 0.2) is 25.3 Å². The molecule has 0 aliphatic rings. The summed E-state index contributed by atoms with van der Waals surface area (Å²) in [7, 11) is 0. The van der Waals surface area contributed by atoms with E-state index in [1.165, 1.54) is 0 Å². The van der Waals surface area contributed by atoms with Crippen LogP contribution in [0.2, 0.25) is 0 Å². The molecule has 0 radical (unpaired) electrons. The topological polar surface area (TPSA) is 38.0 Å². The molecule has 0 aliphatic heterocycles. The second-order valence-corrected chi connectivity index (χ2v) is 2.61. The van der Waals surface area contributed by atoms with Gasteiger partial charge in [-0.25, -0.2) is 0 Å². The lowest BCUT2D eigenvalue weighted by Gasteiger charge is -2.11. The lowest BCUT2D eigenvalue weighted by molar-refractivity contribution is 0.485. The number of nitrogens with one attached hydrogen (secondary N) is 1. The first kappa shape index (κ1) is 10.4. The highest BCUT2D eigenvalue weighted by Crippen LogP contribution is 2.04. The standard InChI is InChI=1S/C9H18N2/c1-3-5-6-8-9(11-10)7-4-2/h3-4,9,11H,1-2,5-8,10H2. The summed E-state index contributed by atoms with van der Waals surface area (Å²) in [6.45, 7) is 7.32. The number of hydrogen-bond acceptors (Lipinski definition) is 2. The smallest absolute Gasteiger partial charge is 0.0245 e. The zero-order chi connectivity index (χ0) is 8.53. The van der Waals surface area contributed by atoms with E-state index < -0.39 is 0 Å². The van der Waals surface area contributed by atoms with Crippen LogP contribution in [0.5, 0.6) is 0 Å². The van der Waals surface area contributed by atoms with E-state index in [1.807, 2.05) is 12.2 Å². The minimum absolute atomic E-state index is 0.382. The highest BCUT2D eigenvalue weighted by molar-refractivity contribution is 4.77. The fourth-order valence-electron chi connectivity index (χ4n) is 0.979. The van der Waals surface area contributed by atoms with Gasteiger partial charge in [-0.2, -0.15) is 0 Å². The third-order valence-corrected chi connectivity index (χ3v) is 1.65. The van der Waals surface area contributed by atoms with Gasteiger partial charge in [0.2, 0.25) is 0 Å². The Bertz CT molecular complexity index is 110. The normalized spacial score (nSPS) is 12.5. The molecule has 0 rings (SSSR count). The highest BCUT2D eigenvalue weighted by Gasteiger charge is 2.01. The fraction of sp³-hybridized carbons (Fsp3) is 0.556. The first-order valence-corrected chi connectivity index (χ1v) is 4.03. The second kappa shape index (κ2) is 7.51. The lowest BCUT2D eigenvalue weighted by atomic mass is 10.1. The molecule has 0 spiro atoms. The van der Waals surface area contributed by atoms with Crippen molar-refractivity contribution in [3.8, 4) is 0 Å². The molecule has 1 unspecified atom stereocenters. The Morgan fingerprint density at radius 1 is 1.36 bits per heavy atom. The van der Waals surface area contributed by atoms with Crippen LogP contribution in [0.1, 0.15) is 25.7 Å². The van der Waals surface area contributed by atoms with E-state index in [0.717, 1.165) is 25.7 Å². The van der Waals surface area contributed by atoms with Gasteiger partial charge in [0, 0.05) is 6.04 Å². The van der Waals surface area contributed by atoms with Crippen molar-refractivity contribution in [2.45, 2.75) is 31.7 Å². The molecule has 2 nitrogen and oxygen atoms in total. The van der Waals surface area contributed by atoms with Crippen molar-refractivity contribution in [1.29, 1.82) is 0 Å². The van der Waals surface area contributed by atoms with Gasteiger partial charge in [0.05, 0.1) is 0 Å². The molecule has 0 aromatic carbocycles. The molecule has 1 atom stereocenters. The average Bonchev–Trinajstić information content (AvgIpc) is 2.03. The predicted octanol–water partition coefficient (Wildman–Crippen LogP) is 1.75. The lowest BCUT2D eigenvalue weighted by Crippen LogP contribution is -2.34. The summed E-state index contributed by atoms with van der Waals surface area (Å²) in [6, 6.07) is 0.382. The summed E-state index contributed by atoms with van der Waals surface area (Å²) >= 11 is 0. The van der Waals surface area contributed by atoms with Gasteiger partial charge < -0.3 is 0 Å². The maximum Gasteiger partial charge on any atom is 0.0245 e. The molecule has 0 aliphatic carbocycles. The summed E-state index contributed by atoms with van der Waals surface area (Å²) in [5, 5.41) is 0. The molecular weight excluding hydrogens is 136 g/mol. The second-order valence-electron chi connectivity index (χ2n) is 2.61. The van der Waals surface area contributed by atoms with E-state index in [4.69, 9.17) is 5.84 Å². The quantitative estimate of drug-likeness (QED) is 0.254. The minimum atomic E-state index is 0.382. The molecule has 0 aromatic rings. The first-order chi connectivity index (χ1) is 5.35. The Labute approximate surface area is 69.1 Å². The van der Waals surface area contributed by atoms with Crippen molar-refractivity contribution in [3.05, 3.63) is 25.3 Å². The van der Waals surface area contributed by atoms with Crippen LogP contribution in [-0.2, 0) is 0 Å². The third-order valence-electron chi connectivity index (χ3n) is 1.65. The number of allylic oxidation sites excluding steroid dienone is 1. The van der Waals surface area contributed by atoms with E-state index in [0.29, 0.717) is 6.04 Å². The van der Waals surface area contributed by atoms with E-state index in [2.05, 4.69) is 18.6 Å². The zero-order valence-corrected chi connectivity index (χ0v) is 7.05. The van der Waals surface area contributed by atoms with E-state index in [1.54, 1.807) is 0 Å². The van der Waals surface area contributed by atoms with Crippen molar-refractivity contribution >= 4 is 0 Å². The molecule has 3 N–H and O–H groups in total. The first-order valence-electron chi connectivity index (χ1n) is 4.03. The number of nitrogens with two attached hydrogens (primary N) is 1. The Balaban J connectivity index is 3.34. The van der Waals surface area contributed by atoms with Crippen LogP contribution in [0.4, 0.5) is 0 Å². The fourth-order valence-corrected chi connectivity index (χ4v) is 0.979. The SMILES string of the molecule is C=CCCCC(CC=C)NN. The summed E-state index contributed by atoms with van der Waals surface area (Å²) in [5.41, 5.74) is 2.76. The van der Waals surface area contributed by atoms with Crippen molar-refractivity contribution in [3.63, 3.8) is 0 Å². The Morgan fingerprint density at radius 3 is 2.55 bits per heavy atom. The summed E-state index contributed by atoms with van der Waals surface area (Å²) in [5.74, 6) is 5.32. The Kier molecular flexibility index (Phi) is 7.10. The van der Waals surface area contributed by atoms with E-state index in [-0.39, 0.29) is 0 Å². The number of hydrazine groups is 1. The largest absolute Gasteiger partial charge is 0.271 e. The number of unbranched alkanes of at least 4 members (excludes halogenated alkanes) is 1. The average molecular weight is 154 g/mol. The molecule has 0 saturated carbocycles. The molecular formula is C9H18N2. The minimum Gasteiger partial charge on any atom is -0.271 e. The van der Waals surface area contributed by atoms with Gasteiger partial charge in [-0.3, -0.25) is 11.3 Å². The van der Waals surface area contributed by atoms with Crippen LogP contribution < -0.4 is 11.3 Å². The van der Waals surface area contributed by atoms with Gasteiger partial charge in [-0.05, 0) is 25.7 Å². The maximum atomic E-state index is 5.32. The molecule has 0 bridgehead atoms. The van der Waals surface area contributed by atoms with Crippen LogP contribution in [-0.4, -0.2) is 6.04 Å². The van der Waals surface area contributed by atoms with Gasteiger partial charge in [0.1, 0.15) is 0 Å². The van der Waals surface area contributed by atoms with Crippen molar-refractivity contribution in [1.82, 2.24) is 5.43 Å². The number of hydrogen-bond donors (Lipinski definition) is 2. The van der Waals surface area contributed by atoms with Gasteiger partial charge in [0.15, 0.2) is 0 Å². The molecule has 0 aromatic heterocycles. The van der Waals surface area contributed by atoms with Crippen LogP contribution in [0.25, 0.3) is 0 Å². The van der Waals surface area contributed by atoms with Gasteiger partial charge >= 0.3 is 0 Å². The monoisotopic (exact) mass is 154 g/mol. The molecule has 0 heterocycles. The Morgan fingerprint density at radius 2 is 2.09 bits per heavy atom. The Hall–Kier alpha value is -0.600. The summed E-state index contributed by atoms with van der Waals surface area (Å²) in [6.07, 6.45) is 8.06. The van der Waals surface area contributed by atoms with Crippen molar-refractivity contribution in [2.75, 3.05) is 0 Å². The maximum absolute atomic E-state index is 5.32. The predicted molar refractivity (Wildman–Crippen MR) is 50.0 cm³/mol. The molecule has 2 heteroatoms. The summed E-state index contributed by atoms with van der Waals surface area (Å²) < 4.78 is 0. The molecule has 11 heavy (non-hydrogen) atoms.